The van der Waals surface area contributed by atoms with Crippen molar-refractivity contribution >= 4 is 17.7 Å². The van der Waals surface area contributed by atoms with Gasteiger partial charge in [-0.2, -0.15) is 0 Å². The summed E-state index contributed by atoms with van der Waals surface area (Å²) in [6, 6.07) is 12.6. The lowest BCUT2D eigenvalue weighted by molar-refractivity contribution is -0.136. The summed E-state index contributed by atoms with van der Waals surface area (Å²) in [7, 11) is 0. The molecule has 1 saturated carbocycles. The average Bonchev–Trinajstić information content (AvgIpc) is 3.55. The summed E-state index contributed by atoms with van der Waals surface area (Å²) in [5.74, 6) is 0.570. The third kappa shape index (κ3) is 3.83. The number of carbonyl (C=O) groups excluding carboxylic acids is 3. The number of hydrogen-bond donors (Lipinski definition) is 2. The molecule has 1 aliphatic carbocycles. The van der Waals surface area contributed by atoms with Crippen molar-refractivity contribution in [1.82, 2.24) is 20.0 Å². The van der Waals surface area contributed by atoms with Crippen LogP contribution in [-0.4, -0.2) is 44.5 Å². The third-order valence-electron chi connectivity index (χ3n) is 6.41. The van der Waals surface area contributed by atoms with E-state index in [4.69, 9.17) is 9.47 Å². The zero-order chi connectivity index (χ0) is 23.2. The van der Waals surface area contributed by atoms with Crippen LogP contribution in [0.2, 0.25) is 0 Å². The minimum absolute atomic E-state index is 0.212. The van der Waals surface area contributed by atoms with Crippen LogP contribution in [0.3, 0.4) is 0 Å². The monoisotopic (exact) mass is 460 g/mol. The summed E-state index contributed by atoms with van der Waals surface area (Å²) in [6.07, 6.45) is 5.17. The van der Waals surface area contributed by atoms with E-state index in [1.165, 1.54) is 4.90 Å². The number of benzene rings is 2. The number of hydrogen-bond acceptors (Lipinski definition) is 5. The average molecular weight is 460 g/mol. The van der Waals surface area contributed by atoms with E-state index in [0.29, 0.717) is 30.4 Å². The fourth-order valence-corrected chi connectivity index (χ4v) is 4.43. The first kappa shape index (κ1) is 20.6. The fourth-order valence-electron chi connectivity index (χ4n) is 4.43. The van der Waals surface area contributed by atoms with Crippen LogP contribution in [0.4, 0.5) is 0 Å². The van der Waals surface area contributed by atoms with Crippen LogP contribution < -0.4 is 14.8 Å². The van der Waals surface area contributed by atoms with Crippen molar-refractivity contribution in [3.05, 3.63) is 65.5 Å². The van der Waals surface area contributed by atoms with E-state index in [-0.39, 0.29) is 24.8 Å². The Bertz CT molecular complexity index is 1260. The molecule has 0 bridgehead atoms. The molecule has 0 spiro atoms. The van der Waals surface area contributed by atoms with E-state index in [2.05, 4.69) is 10.4 Å². The molecule has 1 unspecified atom stereocenters. The van der Waals surface area contributed by atoms with Crippen molar-refractivity contribution in [3.8, 4) is 17.2 Å². The van der Waals surface area contributed by atoms with Crippen LogP contribution in [-0.2, 0) is 22.7 Å². The van der Waals surface area contributed by atoms with Crippen LogP contribution in [0.25, 0.3) is 5.69 Å². The first-order chi connectivity index (χ1) is 16.5. The number of fused-ring (bicyclic) bond motifs is 1. The molecule has 3 aliphatic rings. The first-order valence-corrected chi connectivity index (χ1v) is 11.5. The molecule has 3 heterocycles. The quantitative estimate of drug-likeness (QED) is 0.528. The van der Waals surface area contributed by atoms with E-state index in [1.54, 1.807) is 12.1 Å². The van der Waals surface area contributed by atoms with Gasteiger partial charge < -0.3 is 14.4 Å². The topological polar surface area (TPSA) is 106 Å². The van der Waals surface area contributed by atoms with Crippen LogP contribution in [0, 0.1) is 0 Å². The highest BCUT2D eigenvalue weighted by Crippen LogP contribution is 2.34. The van der Waals surface area contributed by atoms with Crippen LogP contribution in [0.5, 0.6) is 11.5 Å². The van der Waals surface area contributed by atoms with Crippen molar-refractivity contribution < 1.29 is 23.9 Å². The Labute approximate surface area is 195 Å². The van der Waals surface area contributed by atoms with Gasteiger partial charge in [-0.1, -0.05) is 6.07 Å². The molecule has 2 aromatic carbocycles. The highest BCUT2D eigenvalue weighted by molar-refractivity contribution is 6.05. The van der Waals surface area contributed by atoms with Gasteiger partial charge in [0.2, 0.25) is 11.8 Å². The highest BCUT2D eigenvalue weighted by Gasteiger charge is 2.40. The van der Waals surface area contributed by atoms with Crippen LogP contribution >= 0.6 is 0 Å². The molecule has 2 N–H and O–H groups in total. The van der Waals surface area contributed by atoms with Crippen LogP contribution in [0.15, 0.2) is 48.7 Å². The van der Waals surface area contributed by atoms with E-state index in [1.807, 2.05) is 41.2 Å². The summed E-state index contributed by atoms with van der Waals surface area (Å²) in [4.78, 5) is 38.2. The van der Waals surface area contributed by atoms with Crippen molar-refractivity contribution in [3.63, 3.8) is 0 Å². The molecule has 34 heavy (non-hydrogen) atoms. The second kappa shape index (κ2) is 8.09. The van der Waals surface area contributed by atoms with E-state index >= 15 is 0 Å². The zero-order valence-corrected chi connectivity index (χ0v) is 18.5. The molecule has 9 heteroatoms. The van der Waals surface area contributed by atoms with Gasteiger partial charge in [0.25, 0.3) is 5.91 Å². The summed E-state index contributed by atoms with van der Waals surface area (Å²) < 4.78 is 13.7. The van der Waals surface area contributed by atoms with Gasteiger partial charge in [-0.15, -0.1) is 0 Å². The van der Waals surface area contributed by atoms with Gasteiger partial charge in [0.15, 0.2) is 0 Å². The first-order valence-electron chi connectivity index (χ1n) is 11.5. The summed E-state index contributed by atoms with van der Waals surface area (Å²) in [5, 5.41) is 5.58. The number of rotatable bonds is 7. The number of H-pyrrole nitrogens is 1. The molecule has 1 saturated heterocycles. The Morgan fingerprint density at radius 1 is 1.00 bits per heavy atom. The highest BCUT2D eigenvalue weighted by atomic mass is 16.5. The third-order valence-corrected chi connectivity index (χ3v) is 6.41. The lowest BCUT2D eigenvalue weighted by Gasteiger charge is -2.29. The summed E-state index contributed by atoms with van der Waals surface area (Å²) in [5.41, 5.74) is 3.20. The summed E-state index contributed by atoms with van der Waals surface area (Å²) in [6.45, 7) is 0.604. The zero-order valence-electron chi connectivity index (χ0n) is 18.5. The number of nitrogens with zero attached hydrogens (tertiary/aromatic N) is 2. The normalized spacial score (nSPS) is 19.8. The molecular weight excluding hydrogens is 436 g/mol. The molecular formula is C25H24N4O5. The maximum Gasteiger partial charge on any atom is 0.255 e. The largest absolute Gasteiger partial charge is 0.490 e. The maximum atomic E-state index is 12.9. The van der Waals surface area contributed by atoms with Crippen molar-refractivity contribution in [2.45, 2.75) is 51.0 Å². The van der Waals surface area contributed by atoms with Gasteiger partial charge in [-0.25, -0.2) is 0 Å². The van der Waals surface area contributed by atoms with Crippen molar-refractivity contribution in [1.29, 1.82) is 0 Å². The number of ether oxygens (including phenoxy) is 2. The molecule has 174 valence electrons. The molecule has 3 amide bonds. The SMILES string of the molecule is O=C1CCC(N2Cc3c(OCc4cn(-c5ccc(OC6CC6)cc5)[nH]4)cccc3C2=O)C(=O)N1. The Morgan fingerprint density at radius 2 is 1.79 bits per heavy atom. The van der Waals surface area contributed by atoms with E-state index < -0.39 is 11.9 Å². The van der Waals surface area contributed by atoms with Gasteiger partial charge >= 0.3 is 0 Å². The molecule has 6 rings (SSSR count). The van der Waals surface area contributed by atoms with Gasteiger partial charge in [0.1, 0.15) is 24.1 Å². The number of aromatic amines is 1. The van der Waals surface area contributed by atoms with Gasteiger partial charge in [0.05, 0.1) is 30.2 Å². The fraction of sp³-hybridized carbons (Fsp3) is 0.320. The standard InChI is InChI=1S/C25H24N4O5/c30-23-11-10-21(24(31)26-23)28-13-20-19(25(28)32)2-1-3-22(20)33-14-15-12-29(27-15)16-4-6-17(7-5-16)34-18-8-9-18/h1-7,12,18,21,27H,8-11,13-14H2,(H,26,30,31). The minimum Gasteiger partial charge on any atom is -0.490 e. The minimum atomic E-state index is -0.643. The lowest BCUT2D eigenvalue weighted by Crippen LogP contribution is -2.52. The maximum absolute atomic E-state index is 12.9. The molecule has 9 nitrogen and oxygen atoms in total. The molecule has 2 aliphatic heterocycles. The van der Waals surface area contributed by atoms with Crippen LogP contribution in [0.1, 0.15) is 47.3 Å². The molecule has 2 fully saturated rings. The molecule has 1 aromatic heterocycles. The van der Waals surface area contributed by atoms with Gasteiger partial charge in [-0.05, 0) is 55.7 Å². The second-order valence-corrected chi connectivity index (χ2v) is 8.92. The Balaban J connectivity index is 1.10. The molecule has 1 atom stereocenters. The molecule has 0 radical (unpaired) electrons. The Hall–Kier alpha value is -4.01. The van der Waals surface area contributed by atoms with Gasteiger partial charge in [0, 0.05) is 17.5 Å². The number of imide groups is 1. The number of piperidine rings is 1. The number of carbonyl (C=O) groups is 3. The van der Waals surface area contributed by atoms with E-state index in [9.17, 15) is 14.4 Å². The Morgan fingerprint density at radius 3 is 2.53 bits per heavy atom. The van der Waals surface area contributed by atoms with Gasteiger partial charge in [-0.3, -0.25) is 29.5 Å². The number of aromatic nitrogens is 2. The number of amides is 3. The predicted octanol–water partition coefficient (Wildman–Crippen LogP) is 2.69. The molecule has 3 aromatic rings. The van der Waals surface area contributed by atoms with E-state index in [0.717, 1.165) is 35.5 Å². The summed E-state index contributed by atoms with van der Waals surface area (Å²) >= 11 is 0. The number of nitrogens with one attached hydrogen (secondary N) is 2. The predicted molar refractivity (Wildman–Crippen MR) is 121 cm³/mol. The van der Waals surface area contributed by atoms with Crippen molar-refractivity contribution in [2.24, 2.45) is 0 Å². The van der Waals surface area contributed by atoms with Crippen molar-refractivity contribution in [2.75, 3.05) is 0 Å². The smallest absolute Gasteiger partial charge is 0.255 e. The second-order valence-electron chi connectivity index (χ2n) is 8.92. The lowest BCUT2D eigenvalue weighted by atomic mass is 10.0. The Kier molecular flexibility index (Phi) is 4.90.